The third kappa shape index (κ3) is 12.0. The van der Waals surface area contributed by atoms with Crippen molar-refractivity contribution >= 4 is 11.6 Å². The van der Waals surface area contributed by atoms with E-state index in [0.29, 0.717) is 12.3 Å². The molecule has 80 valence electrons. The van der Waals surface area contributed by atoms with E-state index in [1.165, 1.54) is 0 Å². The second kappa shape index (κ2) is 7.44. The van der Waals surface area contributed by atoms with E-state index >= 15 is 0 Å². The molecule has 0 rings (SSSR count). The van der Waals surface area contributed by atoms with Gasteiger partial charge in [0.25, 0.3) is 0 Å². The maximum Gasteiger partial charge on any atom is 0.411 e. The highest BCUT2D eigenvalue weighted by atomic mass is 35.5. The molecule has 0 saturated carbocycles. The highest BCUT2D eigenvalue weighted by molar-refractivity contribution is 6.17. The van der Waals surface area contributed by atoms with Crippen molar-refractivity contribution in [2.75, 3.05) is 19.1 Å². The van der Waals surface area contributed by atoms with Crippen LogP contribution >= 0.6 is 11.6 Å². The zero-order valence-corrected chi connectivity index (χ0v) is 8.13. The van der Waals surface area contributed by atoms with Gasteiger partial charge in [0, 0.05) is 12.5 Å². The Morgan fingerprint density at radius 2 is 1.62 bits per heavy atom. The van der Waals surface area contributed by atoms with Gasteiger partial charge in [-0.2, -0.15) is 13.2 Å². The van der Waals surface area contributed by atoms with E-state index in [-0.39, 0.29) is 6.61 Å². The normalized spacial score (nSPS) is 12.0. The van der Waals surface area contributed by atoms with Gasteiger partial charge in [-0.05, 0) is 12.8 Å². The predicted molar refractivity (Wildman–Crippen MR) is 46.1 cm³/mol. The molecule has 0 heterocycles. The van der Waals surface area contributed by atoms with E-state index in [2.05, 4.69) is 4.74 Å². The smallest absolute Gasteiger partial charge is 0.372 e. The fourth-order valence-electron chi connectivity index (χ4n) is 0.840. The van der Waals surface area contributed by atoms with Crippen LogP contribution in [0.25, 0.3) is 0 Å². The first-order valence-corrected chi connectivity index (χ1v) is 4.80. The van der Waals surface area contributed by atoms with Crippen molar-refractivity contribution in [3.05, 3.63) is 0 Å². The molecule has 5 heteroatoms. The topological polar surface area (TPSA) is 9.23 Å². The lowest BCUT2D eigenvalue weighted by molar-refractivity contribution is -0.174. The Bertz CT molecular complexity index is 116. The van der Waals surface area contributed by atoms with Gasteiger partial charge >= 0.3 is 6.18 Å². The van der Waals surface area contributed by atoms with E-state index in [1.54, 1.807) is 0 Å². The second-order valence-electron chi connectivity index (χ2n) is 2.77. The Balaban J connectivity index is 3.00. The van der Waals surface area contributed by atoms with Crippen LogP contribution in [0.2, 0.25) is 0 Å². The molecule has 0 unspecified atom stereocenters. The summed E-state index contributed by atoms with van der Waals surface area (Å²) >= 11 is 5.42. The second-order valence-corrected chi connectivity index (χ2v) is 3.15. The maximum absolute atomic E-state index is 11.5. The highest BCUT2D eigenvalue weighted by Crippen LogP contribution is 2.14. The van der Waals surface area contributed by atoms with Crippen LogP contribution in [0.3, 0.4) is 0 Å². The Hall–Kier alpha value is 0.0400. The number of rotatable bonds is 7. The van der Waals surface area contributed by atoms with Crippen LogP contribution in [0.1, 0.15) is 25.7 Å². The van der Waals surface area contributed by atoms with Gasteiger partial charge < -0.3 is 4.74 Å². The molecule has 0 aromatic heterocycles. The van der Waals surface area contributed by atoms with E-state index < -0.39 is 12.8 Å². The Morgan fingerprint density at radius 1 is 1.00 bits per heavy atom. The van der Waals surface area contributed by atoms with Gasteiger partial charge in [-0.25, -0.2) is 0 Å². The van der Waals surface area contributed by atoms with Crippen molar-refractivity contribution in [3.63, 3.8) is 0 Å². The van der Waals surface area contributed by atoms with Crippen molar-refractivity contribution in [1.29, 1.82) is 0 Å². The molecule has 0 fully saturated rings. The molecule has 13 heavy (non-hydrogen) atoms. The average Bonchev–Trinajstić information content (AvgIpc) is 2.01. The van der Waals surface area contributed by atoms with E-state index in [0.717, 1.165) is 19.3 Å². The first-order chi connectivity index (χ1) is 6.06. The molecule has 0 aliphatic carbocycles. The summed E-state index contributed by atoms with van der Waals surface area (Å²) in [5, 5.41) is 0. The summed E-state index contributed by atoms with van der Waals surface area (Å²) in [4.78, 5) is 0. The maximum atomic E-state index is 11.5. The number of alkyl halides is 4. The minimum absolute atomic E-state index is 0.182. The van der Waals surface area contributed by atoms with Crippen molar-refractivity contribution in [2.45, 2.75) is 31.9 Å². The summed E-state index contributed by atoms with van der Waals surface area (Å²) in [6.07, 6.45) is -0.770. The SMILES string of the molecule is FC(F)(F)COCCCCCCCl. The number of ether oxygens (including phenoxy) is 1. The largest absolute Gasteiger partial charge is 0.411 e. The number of hydrogen-bond acceptors (Lipinski definition) is 1. The summed E-state index contributed by atoms with van der Waals surface area (Å²) in [5.41, 5.74) is 0. The molecule has 0 radical (unpaired) electrons. The zero-order valence-electron chi connectivity index (χ0n) is 7.37. The molecule has 1 nitrogen and oxygen atoms in total. The Labute approximate surface area is 81.2 Å². The molecule has 0 saturated heterocycles. The summed E-state index contributed by atoms with van der Waals surface area (Å²) in [7, 11) is 0. The number of hydrogen-bond donors (Lipinski definition) is 0. The van der Waals surface area contributed by atoms with Crippen LogP contribution in [0.15, 0.2) is 0 Å². The lowest BCUT2D eigenvalue weighted by atomic mass is 10.2. The molecule has 0 N–H and O–H groups in total. The van der Waals surface area contributed by atoms with Crippen LogP contribution in [0.4, 0.5) is 13.2 Å². The summed E-state index contributed by atoms with van der Waals surface area (Å²) in [6.45, 7) is -0.954. The minimum Gasteiger partial charge on any atom is -0.372 e. The molecule has 0 aromatic rings. The Kier molecular flexibility index (Phi) is 7.47. The molecule has 0 spiro atoms. The lowest BCUT2D eigenvalue weighted by Crippen LogP contribution is -2.17. The minimum atomic E-state index is -4.20. The zero-order chi connectivity index (χ0) is 10.2. The third-order valence-corrected chi connectivity index (χ3v) is 1.71. The summed E-state index contributed by atoms with van der Waals surface area (Å²) < 4.78 is 39.0. The molecule has 0 aliphatic heterocycles. The third-order valence-electron chi connectivity index (χ3n) is 1.44. The predicted octanol–water partition coefficient (Wildman–Crippen LogP) is 3.36. The Morgan fingerprint density at radius 3 is 2.15 bits per heavy atom. The van der Waals surface area contributed by atoms with Gasteiger partial charge in [0.15, 0.2) is 0 Å². The van der Waals surface area contributed by atoms with Gasteiger partial charge in [-0.3, -0.25) is 0 Å². The van der Waals surface area contributed by atoms with Gasteiger partial charge in [-0.15, -0.1) is 11.6 Å². The van der Waals surface area contributed by atoms with Crippen molar-refractivity contribution < 1.29 is 17.9 Å². The van der Waals surface area contributed by atoms with Crippen molar-refractivity contribution in [2.24, 2.45) is 0 Å². The van der Waals surface area contributed by atoms with Crippen molar-refractivity contribution in [1.82, 2.24) is 0 Å². The molecule has 0 aromatic carbocycles. The molecule has 0 atom stereocenters. The fourth-order valence-corrected chi connectivity index (χ4v) is 1.03. The van der Waals surface area contributed by atoms with Gasteiger partial charge in [0.1, 0.15) is 6.61 Å². The standard InChI is InChI=1S/C8H14ClF3O/c9-5-3-1-2-4-6-13-7-8(10,11)12/h1-7H2. The summed E-state index contributed by atoms with van der Waals surface area (Å²) in [5.74, 6) is 0.614. The lowest BCUT2D eigenvalue weighted by Gasteiger charge is -2.06. The van der Waals surface area contributed by atoms with Crippen LogP contribution in [0, 0.1) is 0 Å². The molecule has 0 aliphatic rings. The van der Waals surface area contributed by atoms with Crippen molar-refractivity contribution in [3.8, 4) is 0 Å². The molecule has 0 bridgehead atoms. The highest BCUT2D eigenvalue weighted by Gasteiger charge is 2.26. The van der Waals surface area contributed by atoms with Gasteiger partial charge in [0.05, 0.1) is 0 Å². The van der Waals surface area contributed by atoms with Crippen LogP contribution in [-0.2, 0) is 4.74 Å². The first kappa shape index (κ1) is 13.0. The van der Waals surface area contributed by atoms with Crippen LogP contribution in [-0.4, -0.2) is 25.3 Å². The molecular formula is C8H14ClF3O. The van der Waals surface area contributed by atoms with Crippen LogP contribution in [0.5, 0.6) is 0 Å². The molecule has 0 amide bonds. The summed E-state index contributed by atoms with van der Waals surface area (Å²) in [6, 6.07) is 0. The first-order valence-electron chi connectivity index (χ1n) is 4.27. The monoisotopic (exact) mass is 218 g/mol. The molecular weight excluding hydrogens is 205 g/mol. The van der Waals surface area contributed by atoms with Gasteiger partial charge in [0.2, 0.25) is 0 Å². The van der Waals surface area contributed by atoms with E-state index in [1.807, 2.05) is 0 Å². The number of halogens is 4. The average molecular weight is 219 g/mol. The van der Waals surface area contributed by atoms with E-state index in [4.69, 9.17) is 11.6 Å². The van der Waals surface area contributed by atoms with E-state index in [9.17, 15) is 13.2 Å². The quantitative estimate of drug-likeness (QED) is 0.470. The fraction of sp³-hybridized carbons (Fsp3) is 1.00. The number of unbranched alkanes of at least 4 members (excludes halogenated alkanes) is 3. The van der Waals surface area contributed by atoms with Crippen LogP contribution < -0.4 is 0 Å². The van der Waals surface area contributed by atoms with Gasteiger partial charge in [-0.1, -0.05) is 12.8 Å².